The van der Waals surface area contributed by atoms with Crippen molar-refractivity contribution in [1.29, 1.82) is 0 Å². The Morgan fingerprint density at radius 3 is 2.60 bits per heavy atom. The first kappa shape index (κ1) is 15.0. The Hall–Kier alpha value is -1.42. The molecule has 3 nitrogen and oxygen atoms in total. The molecule has 0 saturated carbocycles. The molecule has 0 aromatic heterocycles. The number of nitrogens with zero attached hydrogens (tertiary/aromatic N) is 1. The minimum atomic E-state index is -0.359. The lowest BCUT2D eigenvalue weighted by atomic mass is 9.97. The van der Waals surface area contributed by atoms with Gasteiger partial charge in [-0.05, 0) is 37.0 Å². The molecule has 20 heavy (non-hydrogen) atoms. The summed E-state index contributed by atoms with van der Waals surface area (Å²) in [5.41, 5.74) is 0.978. The zero-order valence-corrected chi connectivity index (χ0v) is 12.1. The number of rotatable bonds is 4. The van der Waals surface area contributed by atoms with Crippen LogP contribution in [0.25, 0.3) is 0 Å². The fraction of sp³-hybridized carbons (Fsp3) is 0.562. The van der Waals surface area contributed by atoms with Crippen LogP contribution in [0.15, 0.2) is 24.3 Å². The Morgan fingerprint density at radius 2 is 2.05 bits per heavy atom. The van der Waals surface area contributed by atoms with Crippen LogP contribution in [0, 0.1) is 11.7 Å². The molecule has 1 fully saturated rings. The van der Waals surface area contributed by atoms with Crippen molar-refractivity contribution >= 4 is 5.91 Å². The van der Waals surface area contributed by atoms with Crippen molar-refractivity contribution in [2.45, 2.75) is 38.7 Å². The smallest absolute Gasteiger partial charge is 0.223 e. The van der Waals surface area contributed by atoms with Crippen LogP contribution in [0.2, 0.25) is 0 Å². The normalized spacial score (nSPS) is 21.8. The molecule has 1 N–H and O–H groups in total. The van der Waals surface area contributed by atoms with Gasteiger partial charge >= 0.3 is 0 Å². The molecule has 1 aromatic carbocycles. The highest BCUT2D eigenvalue weighted by Crippen LogP contribution is 2.24. The molecule has 1 aliphatic heterocycles. The molecule has 1 aliphatic rings. The number of aliphatic hydroxyl groups excluding tert-OH is 1. The van der Waals surface area contributed by atoms with Crippen LogP contribution < -0.4 is 0 Å². The van der Waals surface area contributed by atoms with E-state index < -0.39 is 0 Å². The fourth-order valence-corrected chi connectivity index (χ4v) is 2.71. The van der Waals surface area contributed by atoms with E-state index in [2.05, 4.69) is 0 Å². The predicted octanol–water partition coefficient (Wildman–Crippen LogP) is 2.55. The molecule has 4 heteroatoms. The quantitative estimate of drug-likeness (QED) is 0.920. The Bertz CT molecular complexity index is 458. The summed E-state index contributed by atoms with van der Waals surface area (Å²) >= 11 is 0. The highest BCUT2D eigenvalue weighted by atomic mass is 19.1. The first-order chi connectivity index (χ1) is 9.47. The number of halogens is 1. The van der Waals surface area contributed by atoms with Crippen LogP contribution in [0.3, 0.4) is 0 Å². The van der Waals surface area contributed by atoms with Crippen molar-refractivity contribution < 1.29 is 14.3 Å². The summed E-state index contributed by atoms with van der Waals surface area (Å²) < 4.78 is 12.9. The molecule has 1 aromatic rings. The third-order valence-electron chi connectivity index (χ3n) is 4.18. The summed E-state index contributed by atoms with van der Waals surface area (Å²) in [6.45, 7) is 5.13. The maximum atomic E-state index is 12.9. The van der Waals surface area contributed by atoms with E-state index in [1.54, 1.807) is 19.1 Å². The average molecular weight is 279 g/mol. The Kier molecular flexibility index (Phi) is 4.76. The van der Waals surface area contributed by atoms with Gasteiger partial charge in [0, 0.05) is 25.4 Å². The monoisotopic (exact) mass is 279 g/mol. The summed E-state index contributed by atoms with van der Waals surface area (Å²) in [6.07, 6.45) is 0.939. The maximum Gasteiger partial charge on any atom is 0.223 e. The topological polar surface area (TPSA) is 40.5 Å². The van der Waals surface area contributed by atoms with Crippen molar-refractivity contribution in [3.63, 3.8) is 0 Å². The van der Waals surface area contributed by atoms with Crippen molar-refractivity contribution in [3.8, 4) is 0 Å². The van der Waals surface area contributed by atoms with Gasteiger partial charge in [-0.2, -0.15) is 0 Å². The zero-order chi connectivity index (χ0) is 14.7. The number of hydrogen-bond acceptors (Lipinski definition) is 2. The van der Waals surface area contributed by atoms with Gasteiger partial charge in [-0.3, -0.25) is 4.79 Å². The van der Waals surface area contributed by atoms with Crippen molar-refractivity contribution in [2.24, 2.45) is 5.92 Å². The van der Waals surface area contributed by atoms with Gasteiger partial charge in [0.05, 0.1) is 6.10 Å². The molecule has 2 rings (SSSR count). The molecule has 3 atom stereocenters. The van der Waals surface area contributed by atoms with Crippen LogP contribution in [0.4, 0.5) is 4.39 Å². The second-order valence-corrected chi connectivity index (χ2v) is 5.79. The van der Waals surface area contributed by atoms with Crippen LogP contribution in [-0.2, 0) is 4.79 Å². The first-order valence-electron chi connectivity index (χ1n) is 7.18. The molecule has 1 saturated heterocycles. The first-order valence-corrected chi connectivity index (χ1v) is 7.18. The number of hydrogen-bond donors (Lipinski definition) is 1. The number of likely N-dealkylation sites (tertiary alicyclic amines) is 1. The van der Waals surface area contributed by atoms with E-state index in [4.69, 9.17) is 0 Å². The molecule has 0 spiro atoms. The Morgan fingerprint density at radius 1 is 1.40 bits per heavy atom. The third-order valence-corrected chi connectivity index (χ3v) is 4.18. The van der Waals surface area contributed by atoms with Gasteiger partial charge in [0.25, 0.3) is 0 Å². The van der Waals surface area contributed by atoms with Gasteiger partial charge in [-0.15, -0.1) is 0 Å². The largest absolute Gasteiger partial charge is 0.393 e. The summed E-state index contributed by atoms with van der Waals surface area (Å²) in [7, 11) is 0. The predicted molar refractivity (Wildman–Crippen MR) is 75.8 cm³/mol. The maximum absolute atomic E-state index is 12.9. The van der Waals surface area contributed by atoms with Crippen LogP contribution in [0.5, 0.6) is 0 Å². The molecular formula is C16H22FNO2. The second kappa shape index (κ2) is 6.35. The Balaban J connectivity index is 1.90. The van der Waals surface area contributed by atoms with E-state index in [1.165, 1.54) is 12.1 Å². The number of amides is 1. The van der Waals surface area contributed by atoms with Gasteiger partial charge in [0.2, 0.25) is 5.91 Å². The standard InChI is InChI=1S/C16H22FNO2/c1-11(13-3-5-15(17)6-4-13)9-16(20)18-8-7-14(10-18)12(2)19/h3-6,11-12,14,19H,7-10H2,1-2H3/t11-,12-,14-/m1/s1. The number of aliphatic hydroxyl groups is 1. The van der Waals surface area contributed by atoms with E-state index >= 15 is 0 Å². The molecule has 0 bridgehead atoms. The lowest BCUT2D eigenvalue weighted by Gasteiger charge is -2.20. The lowest BCUT2D eigenvalue weighted by molar-refractivity contribution is -0.130. The molecule has 1 amide bonds. The fourth-order valence-electron chi connectivity index (χ4n) is 2.71. The van der Waals surface area contributed by atoms with Gasteiger partial charge < -0.3 is 10.0 Å². The molecule has 110 valence electrons. The molecule has 1 heterocycles. The van der Waals surface area contributed by atoms with Crippen LogP contribution >= 0.6 is 0 Å². The van der Waals surface area contributed by atoms with Crippen molar-refractivity contribution in [3.05, 3.63) is 35.6 Å². The average Bonchev–Trinajstić information content (AvgIpc) is 2.89. The van der Waals surface area contributed by atoms with Crippen LogP contribution in [-0.4, -0.2) is 35.1 Å². The number of carbonyl (C=O) groups is 1. The molecule has 0 aliphatic carbocycles. The van der Waals surface area contributed by atoms with E-state index in [-0.39, 0.29) is 29.7 Å². The van der Waals surface area contributed by atoms with Gasteiger partial charge in [-0.25, -0.2) is 4.39 Å². The SMILES string of the molecule is C[C@H](CC(=O)N1CC[C@@H]([C@@H](C)O)C1)c1ccc(F)cc1. The highest BCUT2D eigenvalue weighted by Gasteiger charge is 2.29. The number of carbonyl (C=O) groups excluding carboxylic acids is 1. The highest BCUT2D eigenvalue weighted by molar-refractivity contribution is 5.77. The van der Waals surface area contributed by atoms with Crippen molar-refractivity contribution in [2.75, 3.05) is 13.1 Å². The molecular weight excluding hydrogens is 257 g/mol. The zero-order valence-electron chi connectivity index (χ0n) is 12.1. The van der Waals surface area contributed by atoms with Crippen molar-refractivity contribution in [1.82, 2.24) is 4.90 Å². The number of benzene rings is 1. The van der Waals surface area contributed by atoms with E-state index in [0.29, 0.717) is 13.0 Å². The third kappa shape index (κ3) is 3.57. The minimum Gasteiger partial charge on any atom is -0.393 e. The molecule has 0 radical (unpaired) electrons. The summed E-state index contributed by atoms with van der Waals surface area (Å²) in [6, 6.07) is 6.32. The van der Waals surface area contributed by atoms with Gasteiger partial charge in [-0.1, -0.05) is 19.1 Å². The Labute approximate surface area is 119 Å². The summed E-state index contributed by atoms with van der Waals surface area (Å²) in [5.74, 6) is 0.130. The lowest BCUT2D eigenvalue weighted by Crippen LogP contribution is -2.31. The summed E-state index contributed by atoms with van der Waals surface area (Å²) in [5, 5.41) is 9.56. The van der Waals surface area contributed by atoms with Crippen LogP contribution in [0.1, 0.15) is 38.2 Å². The van der Waals surface area contributed by atoms with Gasteiger partial charge in [0.15, 0.2) is 0 Å². The van der Waals surface area contributed by atoms with Gasteiger partial charge in [0.1, 0.15) is 5.82 Å². The molecule has 0 unspecified atom stereocenters. The van der Waals surface area contributed by atoms with E-state index in [1.807, 2.05) is 11.8 Å². The summed E-state index contributed by atoms with van der Waals surface area (Å²) in [4.78, 5) is 14.1. The van der Waals surface area contributed by atoms with E-state index in [9.17, 15) is 14.3 Å². The minimum absolute atomic E-state index is 0.0775. The second-order valence-electron chi connectivity index (χ2n) is 5.79. The van der Waals surface area contributed by atoms with E-state index in [0.717, 1.165) is 18.5 Å².